The molecule has 0 radical (unpaired) electrons. The van der Waals surface area contributed by atoms with E-state index in [1.807, 2.05) is 4.90 Å². The van der Waals surface area contributed by atoms with Crippen molar-refractivity contribution in [2.75, 3.05) is 32.5 Å². The van der Waals surface area contributed by atoms with Gasteiger partial charge in [-0.1, -0.05) is 11.6 Å². The van der Waals surface area contributed by atoms with Gasteiger partial charge in [0.2, 0.25) is 0 Å². The lowest BCUT2D eigenvalue weighted by Gasteiger charge is -2.17. The Balaban J connectivity index is 2.08. The number of nitrogen functional groups attached to an aromatic ring is 1. The van der Waals surface area contributed by atoms with Crippen molar-refractivity contribution in [2.45, 2.75) is 6.42 Å². The van der Waals surface area contributed by atoms with Gasteiger partial charge in [0.05, 0.1) is 12.2 Å². The average molecular weight is 269 g/mol. The molecule has 1 fully saturated rings. The molecule has 0 aliphatic carbocycles. The van der Waals surface area contributed by atoms with Crippen molar-refractivity contribution in [3.63, 3.8) is 0 Å². The number of benzene rings is 1. The van der Waals surface area contributed by atoms with Crippen LogP contribution < -0.4 is 5.73 Å². The molecule has 1 aromatic carbocycles. The average Bonchev–Trinajstić information content (AvgIpc) is 2.77. The van der Waals surface area contributed by atoms with Crippen LogP contribution in [0.3, 0.4) is 0 Å². The van der Waals surface area contributed by atoms with Gasteiger partial charge in [0.25, 0.3) is 5.91 Å². The Kier molecular flexibility index (Phi) is 4.09. The summed E-state index contributed by atoms with van der Waals surface area (Å²) < 4.78 is 5.12. The fourth-order valence-corrected chi connectivity index (χ4v) is 2.47. The maximum Gasteiger partial charge on any atom is 0.255 e. The zero-order chi connectivity index (χ0) is 13.1. The predicted octanol–water partition coefficient (Wildman–Crippen LogP) is 2.03. The van der Waals surface area contributed by atoms with Gasteiger partial charge in [0.1, 0.15) is 0 Å². The van der Waals surface area contributed by atoms with Gasteiger partial charge in [-0.2, -0.15) is 0 Å². The molecule has 1 aliphatic rings. The quantitative estimate of drug-likeness (QED) is 0.854. The molecular weight excluding hydrogens is 252 g/mol. The number of hydrogen-bond acceptors (Lipinski definition) is 3. The summed E-state index contributed by atoms with van der Waals surface area (Å²) >= 11 is 5.82. The van der Waals surface area contributed by atoms with E-state index >= 15 is 0 Å². The molecule has 0 bridgehead atoms. The standard InChI is InChI=1S/C13H17ClN2O2/c1-18-8-9-4-5-16(7-9)13(17)11-3-2-10(14)6-12(11)15/h2-3,6,9H,4-5,7-8,15H2,1H3. The monoisotopic (exact) mass is 268 g/mol. The Morgan fingerprint density at radius 2 is 2.39 bits per heavy atom. The molecule has 0 spiro atoms. The second kappa shape index (κ2) is 5.59. The summed E-state index contributed by atoms with van der Waals surface area (Å²) in [5.41, 5.74) is 6.79. The van der Waals surface area contributed by atoms with E-state index < -0.39 is 0 Å². The summed E-state index contributed by atoms with van der Waals surface area (Å²) in [6, 6.07) is 4.98. The highest BCUT2D eigenvalue weighted by Crippen LogP contribution is 2.23. The number of halogens is 1. The molecule has 1 aliphatic heterocycles. The summed E-state index contributed by atoms with van der Waals surface area (Å²) in [6.07, 6.45) is 0.979. The first kappa shape index (κ1) is 13.2. The molecule has 1 heterocycles. The van der Waals surface area contributed by atoms with Crippen molar-refractivity contribution < 1.29 is 9.53 Å². The lowest BCUT2D eigenvalue weighted by atomic mass is 10.1. The fourth-order valence-electron chi connectivity index (χ4n) is 2.29. The van der Waals surface area contributed by atoms with Gasteiger partial charge in [0, 0.05) is 36.8 Å². The predicted molar refractivity (Wildman–Crippen MR) is 71.8 cm³/mol. The van der Waals surface area contributed by atoms with E-state index in [2.05, 4.69) is 0 Å². The number of carbonyl (C=O) groups excluding carboxylic acids is 1. The number of hydrogen-bond donors (Lipinski definition) is 1. The van der Waals surface area contributed by atoms with Crippen LogP contribution in [-0.2, 0) is 4.74 Å². The van der Waals surface area contributed by atoms with Crippen LogP contribution in [0, 0.1) is 5.92 Å². The molecule has 2 N–H and O–H groups in total. The lowest BCUT2D eigenvalue weighted by Crippen LogP contribution is -2.29. The van der Waals surface area contributed by atoms with E-state index in [0.29, 0.717) is 28.8 Å². The largest absolute Gasteiger partial charge is 0.398 e. The first-order valence-electron chi connectivity index (χ1n) is 5.95. The van der Waals surface area contributed by atoms with Gasteiger partial charge < -0.3 is 15.4 Å². The number of nitrogens with two attached hydrogens (primary N) is 1. The van der Waals surface area contributed by atoms with E-state index in [-0.39, 0.29) is 5.91 Å². The van der Waals surface area contributed by atoms with Crippen LogP contribution in [0.1, 0.15) is 16.8 Å². The fraction of sp³-hybridized carbons (Fsp3) is 0.462. The number of carbonyl (C=O) groups is 1. The van der Waals surface area contributed by atoms with Crippen molar-refractivity contribution in [1.29, 1.82) is 0 Å². The van der Waals surface area contributed by atoms with E-state index in [9.17, 15) is 4.79 Å². The molecule has 1 aromatic rings. The number of likely N-dealkylation sites (tertiary alicyclic amines) is 1. The first-order valence-corrected chi connectivity index (χ1v) is 6.33. The Morgan fingerprint density at radius 3 is 3.06 bits per heavy atom. The van der Waals surface area contributed by atoms with Gasteiger partial charge in [-0.15, -0.1) is 0 Å². The lowest BCUT2D eigenvalue weighted by molar-refractivity contribution is 0.0776. The molecule has 0 saturated carbocycles. The van der Waals surface area contributed by atoms with Crippen molar-refractivity contribution >= 4 is 23.2 Å². The molecule has 5 heteroatoms. The third kappa shape index (κ3) is 2.76. The topological polar surface area (TPSA) is 55.6 Å². The summed E-state index contributed by atoms with van der Waals surface area (Å²) in [5.74, 6) is 0.398. The highest BCUT2D eigenvalue weighted by Gasteiger charge is 2.27. The summed E-state index contributed by atoms with van der Waals surface area (Å²) in [5, 5.41) is 0.544. The number of rotatable bonds is 3. The number of anilines is 1. The summed E-state index contributed by atoms with van der Waals surface area (Å²) in [4.78, 5) is 14.1. The summed E-state index contributed by atoms with van der Waals surface area (Å²) in [7, 11) is 1.68. The van der Waals surface area contributed by atoms with Crippen molar-refractivity contribution in [3.8, 4) is 0 Å². The maximum absolute atomic E-state index is 12.3. The summed E-state index contributed by atoms with van der Waals surface area (Å²) in [6.45, 7) is 2.18. The third-order valence-electron chi connectivity index (χ3n) is 3.22. The minimum Gasteiger partial charge on any atom is -0.398 e. The van der Waals surface area contributed by atoms with Gasteiger partial charge in [0.15, 0.2) is 0 Å². The van der Waals surface area contributed by atoms with E-state index in [1.54, 1.807) is 25.3 Å². The van der Waals surface area contributed by atoms with Crippen LogP contribution in [0.4, 0.5) is 5.69 Å². The van der Waals surface area contributed by atoms with Crippen LogP contribution in [0.15, 0.2) is 18.2 Å². The molecule has 1 amide bonds. The molecule has 18 heavy (non-hydrogen) atoms. The minimum atomic E-state index is -0.0252. The second-order valence-corrected chi connectivity index (χ2v) is 5.03. The van der Waals surface area contributed by atoms with Crippen molar-refractivity contribution in [3.05, 3.63) is 28.8 Å². The molecule has 4 nitrogen and oxygen atoms in total. The van der Waals surface area contributed by atoms with Crippen LogP contribution >= 0.6 is 11.6 Å². The van der Waals surface area contributed by atoms with Gasteiger partial charge in [-0.3, -0.25) is 4.79 Å². The first-order chi connectivity index (χ1) is 8.61. The normalized spacial score (nSPS) is 19.2. The highest BCUT2D eigenvalue weighted by molar-refractivity contribution is 6.31. The van der Waals surface area contributed by atoms with Crippen LogP contribution in [-0.4, -0.2) is 37.6 Å². The Morgan fingerprint density at radius 1 is 1.61 bits per heavy atom. The molecule has 1 unspecified atom stereocenters. The minimum absolute atomic E-state index is 0.0252. The second-order valence-electron chi connectivity index (χ2n) is 4.59. The number of amides is 1. The number of nitrogens with zero attached hydrogens (tertiary/aromatic N) is 1. The molecule has 2 rings (SSSR count). The number of ether oxygens (including phenoxy) is 1. The SMILES string of the molecule is COCC1CCN(C(=O)c2ccc(Cl)cc2N)C1. The maximum atomic E-state index is 12.3. The molecule has 98 valence electrons. The molecular formula is C13H17ClN2O2. The smallest absolute Gasteiger partial charge is 0.255 e. The third-order valence-corrected chi connectivity index (χ3v) is 3.45. The van der Waals surface area contributed by atoms with Crippen molar-refractivity contribution in [2.24, 2.45) is 5.92 Å². The van der Waals surface area contributed by atoms with E-state index in [1.165, 1.54) is 0 Å². The van der Waals surface area contributed by atoms with Crippen molar-refractivity contribution in [1.82, 2.24) is 4.90 Å². The molecule has 0 aromatic heterocycles. The van der Waals surface area contributed by atoms with Crippen LogP contribution in [0.5, 0.6) is 0 Å². The number of methoxy groups -OCH3 is 1. The Hall–Kier alpha value is -1.26. The van der Waals surface area contributed by atoms with Gasteiger partial charge in [-0.05, 0) is 24.6 Å². The molecule has 1 saturated heterocycles. The van der Waals surface area contributed by atoms with Crippen LogP contribution in [0.2, 0.25) is 5.02 Å². The van der Waals surface area contributed by atoms with Gasteiger partial charge in [-0.25, -0.2) is 0 Å². The van der Waals surface area contributed by atoms with E-state index in [0.717, 1.165) is 19.5 Å². The van der Waals surface area contributed by atoms with E-state index in [4.69, 9.17) is 22.1 Å². The Bertz CT molecular complexity index is 451. The molecule has 1 atom stereocenters. The zero-order valence-corrected chi connectivity index (χ0v) is 11.1. The van der Waals surface area contributed by atoms with Crippen LogP contribution in [0.25, 0.3) is 0 Å². The highest BCUT2D eigenvalue weighted by atomic mass is 35.5. The zero-order valence-electron chi connectivity index (χ0n) is 10.4. The Labute approximate surface area is 112 Å². The van der Waals surface area contributed by atoms with Gasteiger partial charge >= 0.3 is 0 Å².